The zero-order valence-corrected chi connectivity index (χ0v) is 13.6. The third-order valence-corrected chi connectivity index (χ3v) is 4.59. The summed E-state index contributed by atoms with van der Waals surface area (Å²) in [5.74, 6) is -0.958. The Morgan fingerprint density at radius 3 is 2.59 bits per heavy atom. The highest BCUT2D eigenvalue weighted by Gasteiger charge is 2.36. The van der Waals surface area contributed by atoms with Crippen LogP contribution in [0, 0.1) is 5.92 Å². The molecule has 1 heterocycles. The lowest BCUT2D eigenvalue weighted by Crippen LogP contribution is -2.58. The lowest BCUT2D eigenvalue weighted by molar-refractivity contribution is -0.145. The Balaban J connectivity index is 1.99. The number of ether oxygens (including phenoxy) is 1. The second-order valence-electron chi connectivity index (χ2n) is 6.80. The monoisotopic (exact) mass is 312 g/mol. The van der Waals surface area contributed by atoms with Gasteiger partial charge in [0.05, 0.1) is 13.2 Å². The van der Waals surface area contributed by atoms with Crippen LogP contribution in [0.15, 0.2) is 0 Å². The van der Waals surface area contributed by atoms with E-state index in [4.69, 9.17) is 4.74 Å². The largest absolute Gasteiger partial charge is 0.480 e. The van der Waals surface area contributed by atoms with Crippen LogP contribution in [0.4, 0.5) is 0 Å². The molecule has 1 saturated heterocycles. The molecule has 2 fully saturated rings. The van der Waals surface area contributed by atoms with Crippen molar-refractivity contribution in [3.05, 3.63) is 0 Å². The Morgan fingerprint density at radius 1 is 1.32 bits per heavy atom. The van der Waals surface area contributed by atoms with Gasteiger partial charge in [0.25, 0.3) is 0 Å². The van der Waals surface area contributed by atoms with E-state index in [1.807, 2.05) is 13.8 Å². The average molecular weight is 312 g/mol. The van der Waals surface area contributed by atoms with Crippen molar-refractivity contribution >= 4 is 11.9 Å². The van der Waals surface area contributed by atoms with Crippen molar-refractivity contribution in [2.75, 3.05) is 19.8 Å². The minimum atomic E-state index is -0.966. The van der Waals surface area contributed by atoms with Crippen molar-refractivity contribution in [2.24, 2.45) is 5.92 Å². The summed E-state index contributed by atoms with van der Waals surface area (Å²) in [7, 11) is 0. The van der Waals surface area contributed by atoms with E-state index >= 15 is 0 Å². The number of rotatable bonds is 6. The van der Waals surface area contributed by atoms with Crippen LogP contribution in [0.3, 0.4) is 0 Å². The number of morpholine rings is 1. The van der Waals surface area contributed by atoms with E-state index in [0.717, 1.165) is 19.4 Å². The summed E-state index contributed by atoms with van der Waals surface area (Å²) >= 11 is 0. The van der Waals surface area contributed by atoms with Crippen molar-refractivity contribution in [1.29, 1.82) is 0 Å². The summed E-state index contributed by atoms with van der Waals surface area (Å²) in [5.41, 5.74) is 0. The van der Waals surface area contributed by atoms with Crippen molar-refractivity contribution in [2.45, 2.75) is 64.1 Å². The number of amides is 1. The smallest absolute Gasteiger partial charge is 0.326 e. The van der Waals surface area contributed by atoms with Gasteiger partial charge in [-0.1, -0.05) is 26.7 Å². The molecular weight excluding hydrogens is 284 g/mol. The van der Waals surface area contributed by atoms with Gasteiger partial charge in [-0.05, 0) is 25.2 Å². The van der Waals surface area contributed by atoms with Gasteiger partial charge in [0, 0.05) is 12.6 Å². The van der Waals surface area contributed by atoms with Crippen molar-refractivity contribution in [3.63, 3.8) is 0 Å². The third kappa shape index (κ3) is 4.43. The molecule has 0 spiro atoms. The van der Waals surface area contributed by atoms with E-state index < -0.39 is 12.0 Å². The standard InChI is InChI=1S/C16H28N2O4/c1-11(2)9-13(16(20)21)17-15(19)14-10-22-8-7-18(14)12-5-3-4-6-12/h11-14H,3-10H2,1-2H3,(H,17,19)(H,20,21)/t13-,14?/m1/s1. The number of hydrogen-bond donors (Lipinski definition) is 2. The molecule has 126 valence electrons. The molecule has 1 saturated carbocycles. The summed E-state index contributed by atoms with van der Waals surface area (Å²) in [5, 5.41) is 12.0. The van der Waals surface area contributed by atoms with Gasteiger partial charge in [0.15, 0.2) is 0 Å². The Kier molecular flexibility index (Phi) is 6.20. The summed E-state index contributed by atoms with van der Waals surface area (Å²) in [6.07, 6.45) is 5.11. The molecule has 0 radical (unpaired) electrons. The number of carbonyl (C=O) groups excluding carboxylic acids is 1. The number of carboxylic acids is 1. The zero-order chi connectivity index (χ0) is 16.1. The van der Waals surface area contributed by atoms with Gasteiger partial charge in [-0.2, -0.15) is 0 Å². The van der Waals surface area contributed by atoms with Crippen molar-refractivity contribution in [1.82, 2.24) is 10.2 Å². The maximum absolute atomic E-state index is 12.6. The molecule has 2 atom stereocenters. The minimum absolute atomic E-state index is 0.209. The van der Waals surface area contributed by atoms with Crippen molar-refractivity contribution in [3.8, 4) is 0 Å². The topological polar surface area (TPSA) is 78.9 Å². The summed E-state index contributed by atoms with van der Waals surface area (Å²) in [4.78, 5) is 26.1. The second-order valence-corrected chi connectivity index (χ2v) is 6.80. The first-order valence-corrected chi connectivity index (χ1v) is 8.35. The number of carbonyl (C=O) groups is 2. The molecule has 0 bridgehead atoms. The van der Waals surface area contributed by atoms with Crippen LogP contribution in [-0.2, 0) is 14.3 Å². The quantitative estimate of drug-likeness (QED) is 0.771. The highest BCUT2D eigenvalue weighted by Crippen LogP contribution is 2.26. The van der Waals surface area contributed by atoms with E-state index in [1.165, 1.54) is 12.8 Å². The maximum atomic E-state index is 12.6. The van der Waals surface area contributed by atoms with Crippen LogP contribution in [0.25, 0.3) is 0 Å². The third-order valence-electron chi connectivity index (χ3n) is 4.59. The number of carboxylic acid groups (broad SMARTS) is 1. The predicted molar refractivity (Wildman–Crippen MR) is 82.6 cm³/mol. The van der Waals surface area contributed by atoms with Crippen LogP contribution >= 0.6 is 0 Å². The molecule has 2 rings (SSSR count). The van der Waals surface area contributed by atoms with Gasteiger partial charge in [-0.25, -0.2) is 4.79 Å². The molecule has 22 heavy (non-hydrogen) atoms. The van der Waals surface area contributed by atoms with E-state index in [1.54, 1.807) is 0 Å². The molecule has 1 amide bonds. The molecule has 2 N–H and O–H groups in total. The Labute approximate surface area is 132 Å². The summed E-state index contributed by atoms with van der Waals surface area (Å²) in [6, 6.07) is -0.737. The van der Waals surface area contributed by atoms with Crippen molar-refractivity contribution < 1.29 is 19.4 Å². The highest BCUT2D eigenvalue weighted by molar-refractivity contribution is 5.87. The highest BCUT2D eigenvalue weighted by atomic mass is 16.5. The minimum Gasteiger partial charge on any atom is -0.480 e. The summed E-state index contributed by atoms with van der Waals surface area (Å²) in [6.45, 7) is 5.67. The van der Waals surface area contributed by atoms with Gasteiger partial charge in [0.1, 0.15) is 12.1 Å². The SMILES string of the molecule is CC(C)C[C@@H](NC(=O)C1COCCN1C1CCCC1)C(=O)O. The lowest BCUT2D eigenvalue weighted by atomic mass is 10.0. The fourth-order valence-electron chi connectivity index (χ4n) is 3.48. The number of aliphatic carboxylic acids is 1. The fraction of sp³-hybridized carbons (Fsp3) is 0.875. The molecule has 1 unspecified atom stereocenters. The Morgan fingerprint density at radius 2 is 2.00 bits per heavy atom. The maximum Gasteiger partial charge on any atom is 0.326 e. The molecule has 0 aromatic heterocycles. The summed E-state index contributed by atoms with van der Waals surface area (Å²) < 4.78 is 5.47. The van der Waals surface area contributed by atoms with Crippen LogP contribution in [0.5, 0.6) is 0 Å². The molecule has 6 nitrogen and oxygen atoms in total. The molecule has 1 aliphatic carbocycles. The average Bonchev–Trinajstić information content (AvgIpc) is 3.00. The van der Waals surface area contributed by atoms with Crippen LogP contribution in [0.2, 0.25) is 0 Å². The molecule has 6 heteroatoms. The first-order chi connectivity index (χ1) is 10.5. The van der Waals surface area contributed by atoms with E-state index in [0.29, 0.717) is 25.7 Å². The molecule has 0 aromatic carbocycles. The first kappa shape index (κ1) is 17.2. The van der Waals surface area contributed by atoms with E-state index in [9.17, 15) is 14.7 Å². The normalized spacial score (nSPS) is 25.3. The predicted octanol–water partition coefficient (Wildman–Crippen LogP) is 1.25. The Hall–Kier alpha value is -1.14. The van der Waals surface area contributed by atoms with Gasteiger partial charge in [-0.3, -0.25) is 9.69 Å². The zero-order valence-electron chi connectivity index (χ0n) is 13.6. The van der Waals surface area contributed by atoms with Crippen LogP contribution in [0.1, 0.15) is 46.0 Å². The van der Waals surface area contributed by atoms with Gasteiger partial charge in [0.2, 0.25) is 5.91 Å². The van der Waals surface area contributed by atoms with Crippen LogP contribution in [-0.4, -0.2) is 59.8 Å². The molecule has 0 aromatic rings. The van der Waals surface area contributed by atoms with Crippen LogP contribution < -0.4 is 5.32 Å². The van der Waals surface area contributed by atoms with Gasteiger partial charge in [-0.15, -0.1) is 0 Å². The number of nitrogens with one attached hydrogen (secondary N) is 1. The number of hydrogen-bond acceptors (Lipinski definition) is 4. The fourth-order valence-corrected chi connectivity index (χ4v) is 3.48. The van der Waals surface area contributed by atoms with Gasteiger partial charge >= 0.3 is 5.97 Å². The number of nitrogens with zero attached hydrogens (tertiary/aromatic N) is 1. The molecule has 1 aliphatic heterocycles. The van der Waals surface area contributed by atoms with Gasteiger partial charge < -0.3 is 15.2 Å². The van der Waals surface area contributed by atoms with E-state index in [2.05, 4.69) is 10.2 Å². The first-order valence-electron chi connectivity index (χ1n) is 8.35. The lowest BCUT2D eigenvalue weighted by Gasteiger charge is -2.39. The molecular formula is C16H28N2O4. The molecule has 2 aliphatic rings. The van der Waals surface area contributed by atoms with E-state index in [-0.39, 0.29) is 17.9 Å². The second kappa shape index (κ2) is 7.92. The Bertz CT molecular complexity index is 394.